The maximum absolute atomic E-state index is 13.8. The van der Waals surface area contributed by atoms with Crippen molar-refractivity contribution in [3.63, 3.8) is 0 Å². The highest BCUT2D eigenvalue weighted by Crippen LogP contribution is 2.51. The number of aromatic nitrogens is 2. The Morgan fingerprint density at radius 1 is 1.16 bits per heavy atom. The number of nitrogens with zero attached hydrogens (tertiary/aromatic N) is 2. The molecule has 2 saturated carbocycles. The maximum atomic E-state index is 13.8. The van der Waals surface area contributed by atoms with Gasteiger partial charge in [0.1, 0.15) is 24.2 Å². The molecule has 1 aromatic carbocycles. The van der Waals surface area contributed by atoms with Gasteiger partial charge in [-0.2, -0.15) is 5.10 Å². The molecule has 0 bridgehead atoms. The standard InChI is InChI=1S/C33H50N6O4S2/c1-22-29(23(2)39(38-22)21-43-18-20-45(4,5)6)24-11-13-27(14-12-24)36-33(41)31(30(25-7-8-25)26-9-10-26)37-32(40)28(15-16-34)35-17-19-44(3)42/h11-16,25-26,30-31,34-35H,7-10,17-21H2,1-6H3,(H,36,41)(H,37,40)/b28-15-,34-16?. The quantitative estimate of drug-likeness (QED) is 0.0819. The number of anilines is 1. The molecule has 10 nitrogen and oxygen atoms in total. The highest BCUT2D eigenvalue weighted by atomic mass is 32.3. The van der Waals surface area contributed by atoms with E-state index in [-0.39, 0.29) is 17.5 Å². The van der Waals surface area contributed by atoms with Crippen LogP contribution in [0, 0.1) is 37.0 Å². The van der Waals surface area contributed by atoms with Gasteiger partial charge >= 0.3 is 0 Å². The number of rotatable bonds is 18. The lowest BCUT2D eigenvalue weighted by atomic mass is 9.88. The molecule has 248 valence electrons. The molecule has 4 rings (SSSR count). The first kappa shape index (κ1) is 35.1. The number of carbonyl (C=O) groups is 2. The summed E-state index contributed by atoms with van der Waals surface area (Å²) in [7, 11) is -0.607. The average molecular weight is 659 g/mol. The zero-order chi connectivity index (χ0) is 32.7. The summed E-state index contributed by atoms with van der Waals surface area (Å²) in [6.45, 7) is 5.50. The van der Waals surface area contributed by atoms with Gasteiger partial charge in [-0.25, -0.2) is 14.7 Å². The Bertz CT molecular complexity index is 1350. The monoisotopic (exact) mass is 658 g/mol. The van der Waals surface area contributed by atoms with Crippen LogP contribution in [0.3, 0.4) is 0 Å². The molecular formula is C33H50N6O4S2. The molecule has 2 fully saturated rings. The van der Waals surface area contributed by atoms with Gasteiger partial charge in [0.15, 0.2) is 0 Å². The molecule has 0 spiro atoms. The SMILES string of the molecule is Cc1nn(COCCS(C)(C)C)c(C)c1-c1ccc(NC(=O)C(NC(=O)/C(=C/C=N)NCC[S+](C)[O-])C(C2CC2)C2CC2)cc1. The summed E-state index contributed by atoms with van der Waals surface area (Å²) >= 11 is -1.02. The molecule has 2 aromatic rings. The second-order valence-corrected chi connectivity index (χ2v) is 19.2. The normalized spacial score (nSPS) is 17.1. The van der Waals surface area contributed by atoms with Crippen LogP contribution in [0.2, 0.25) is 0 Å². The van der Waals surface area contributed by atoms with Gasteiger partial charge in [-0.05, 0) is 99.8 Å². The molecule has 1 aromatic heterocycles. The summed E-state index contributed by atoms with van der Waals surface area (Å²) in [5.41, 5.74) is 4.85. The van der Waals surface area contributed by atoms with Gasteiger partial charge in [0, 0.05) is 28.9 Å². The van der Waals surface area contributed by atoms with Crippen LogP contribution in [0.4, 0.5) is 5.69 Å². The van der Waals surface area contributed by atoms with E-state index in [2.05, 4.69) is 34.7 Å². The number of benzene rings is 1. The van der Waals surface area contributed by atoms with E-state index < -0.39 is 33.2 Å². The summed E-state index contributed by atoms with van der Waals surface area (Å²) in [6.07, 6.45) is 15.1. The van der Waals surface area contributed by atoms with Crippen LogP contribution >= 0.6 is 10.0 Å². The van der Waals surface area contributed by atoms with Crippen LogP contribution in [0.1, 0.15) is 37.1 Å². The second kappa shape index (κ2) is 15.7. The summed E-state index contributed by atoms with van der Waals surface area (Å²) in [6, 6.07) is 7.05. The molecule has 2 amide bonds. The van der Waals surface area contributed by atoms with Crippen molar-refractivity contribution in [2.75, 3.05) is 55.0 Å². The minimum absolute atomic E-state index is 0.0701. The van der Waals surface area contributed by atoms with Crippen LogP contribution in [-0.4, -0.2) is 88.1 Å². The molecule has 45 heavy (non-hydrogen) atoms. The van der Waals surface area contributed by atoms with E-state index in [4.69, 9.17) is 15.2 Å². The second-order valence-electron chi connectivity index (χ2n) is 13.1. The van der Waals surface area contributed by atoms with Gasteiger partial charge in [0.2, 0.25) is 5.91 Å². The maximum Gasteiger partial charge on any atom is 0.268 e. The van der Waals surface area contributed by atoms with Crippen LogP contribution < -0.4 is 16.0 Å². The zero-order valence-corrected chi connectivity index (χ0v) is 29.1. The van der Waals surface area contributed by atoms with Gasteiger partial charge in [-0.3, -0.25) is 9.59 Å². The van der Waals surface area contributed by atoms with Crippen molar-refractivity contribution in [3.8, 4) is 11.1 Å². The number of aryl methyl sites for hydroxylation is 1. The fraction of sp³-hybridized carbons (Fsp3) is 0.576. The zero-order valence-electron chi connectivity index (χ0n) is 27.5. The molecule has 12 heteroatoms. The minimum Gasteiger partial charge on any atom is -0.617 e. The van der Waals surface area contributed by atoms with Crippen molar-refractivity contribution in [2.24, 2.45) is 17.8 Å². The summed E-state index contributed by atoms with van der Waals surface area (Å²) in [5.74, 6) is 1.67. The third-order valence-corrected chi connectivity index (χ3v) is 10.5. The van der Waals surface area contributed by atoms with E-state index in [1.165, 1.54) is 6.08 Å². The highest BCUT2D eigenvalue weighted by molar-refractivity contribution is 8.32. The third-order valence-electron chi connectivity index (χ3n) is 8.36. The van der Waals surface area contributed by atoms with Gasteiger partial charge in [-0.15, -0.1) is 0 Å². The molecule has 0 radical (unpaired) electrons. The Morgan fingerprint density at radius 3 is 2.36 bits per heavy atom. The lowest BCUT2D eigenvalue weighted by Gasteiger charge is -2.28. The largest absolute Gasteiger partial charge is 0.617 e. The van der Waals surface area contributed by atoms with Gasteiger partial charge < -0.3 is 30.6 Å². The first-order valence-electron chi connectivity index (χ1n) is 15.6. The molecule has 2 aliphatic carbocycles. The van der Waals surface area contributed by atoms with Crippen molar-refractivity contribution in [1.29, 1.82) is 5.41 Å². The minimum atomic E-state index is -1.02. The Hall–Kier alpha value is -2.80. The van der Waals surface area contributed by atoms with Crippen molar-refractivity contribution in [2.45, 2.75) is 52.3 Å². The van der Waals surface area contributed by atoms with Crippen LogP contribution in [0.25, 0.3) is 11.1 Å². The molecule has 2 unspecified atom stereocenters. The summed E-state index contributed by atoms with van der Waals surface area (Å²) < 4.78 is 19.3. The van der Waals surface area contributed by atoms with Crippen molar-refractivity contribution in [1.82, 2.24) is 20.4 Å². The van der Waals surface area contributed by atoms with Gasteiger partial charge in [0.05, 0.1) is 25.1 Å². The number of nitrogens with one attached hydrogen (secondary N) is 4. The third kappa shape index (κ3) is 10.4. The predicted molar refractivity (Wildman–Crippen MR) is 187 cm³/mol. The topological polar surface area (TPSA) is 144 Å². The molecule has 1 heterocycles. The number of allylic oxidation sites excluding steroid dienone is 1. The van der Waals surface area contributed by atoms with E-state index in [9.17, 15) is 14.1 Å². The Kier molecular flexibility index (Phi) is 12.2. The lowest BCUT2D eigenvalue weighted by Crippen LogP contribution is -2.51. The van der Waals surface area contributed by atoms with E-state index >= 15 is 0 Å². The number of hydrogen-bond acceptors (Lipinski definition) is 7. The predicted octanol–water partition coefficient (Wildman–Crippen LogP) is 4.20. The molecule has 0 aliphatic heterocycles. The molecular weight excluding hydrogens is 609 g/mol. The Labute approximate surface area is 272 Å². The lowest BCUT2D eigenvalue weighted by molar-refractivity contribution is -0.126. The smallest absolute Gasteiger partial charge is 0.268 e. The van der Waals surface area contributed by atoms with E-state index in [0.717, 1.165) is 60.2 Å². The number of hydrogen-bond donors (Lipinski definition) is 4. The first-order chi connectivity index (χ1) is 21.4. The molecule has 2 atom stereocenters. The molecule has 2 aliphatic rings. The Balaban J connectivity index is 1.45. The first-order valence-corrected chi connectivity index (χ1v) is 20.4. The van der Waals surface area contributed by atoms with Crippen molar-refractivity contribution >= 4 is 44.9 Å². The number of carbonyl (C=O) groups excluding carboxylic acids is 2. The highest BCUT2D eigenvalue weighted by Gasteiger charge is 2.48. The van der Waals surface area contributed by atoms with Crippen molar-refractivity contribution in [3.05, 3.63) is 47.4 Å². The van der Waals surface area contributed by atoms with Crippen LogP contribution in [-0.2, 0) is 32.2 Å². The molecule has 0 saturated heterocycles. The molecule has 4 N–H and O–H groups in total. The summed E-state index contributed by atoms with van der Waals surface area (Å²) in [4.78, 5) is 27.2. The number of amides is 2. The van der Waals surface area contributed by atoms with E-state index in [0.29, 0.717) is 43.2 Å². The van der Waals surface area contributed by atoms with Gasteiger partial charge in [-0.1, -0.05) is 23.3 Å². The number of ether oxygens (including phenoxy) is 1. The average Bonchev–Trinajstić information content (AvgIpc) is 3.90. The fourth-order valence-electron chi connectivity index (χ4n) is 5.72. The Morgan fingerprint density at radius 2 is 1.80 bits per heavy atom. The van der Waals surface area contributed by atoms with Crippen LogP contribution in [0.5, 0.6) is 0 Å². The van der Waals surface area contributed by atoms with E-state index in [1.54, 1.807) is 6.26 Å². The summed E-state index contributed by atoms with van der Waals surface area (Å²) in [5, 5.41) is 21.3. The van der Waals surface area contributed by atoms with Crippen LogP contribution in [0.15, 0.2) is 36.0 Å². The van der Waals surface area contributed by atoms with E-state index in [1.807, 2.05) is 42.8 Å². The van der Waals surface area contributed by atoms with Crippen molar-refractivity contribution < 1.29 is 18.9 Å². The fourth-order valence-corrected chi connectivity index (χ4v) is 6.72. The van der Waals surface area contributed by atoms with Gasteiger partial charge in [0.25, 0.3) is 5.91 Å².